The van der Waals surface area contributed by atoms with E-state index >= 15 is 0 Å². The van der Waals surface area contributed by atoms with Gasteiger partial charge in [0.15, 0.2) is 36.2 Å². The van der Waals surface area contributed by atoms with E-state index in [9.17, 15) is 38.4 Å². The van der Waals surface area contributed by atoms with E-state index in [1.165, 1.54) is 9.80 Å². The van der Waals surface area contributed by atoms with Gasteiger partial charge in [-0.05, 0) is 148 Å². The van der Waals surface area contributed by atoms with Crippen molar-refractivity contribution >= 4 is 47.1 Å². The maximum atomic E-state index is 14.1. The summed E-state index contributed by atoms with van der Waals surface area (Å²) in [7, 11) is 6.19. The normalized spacial score (nSPS) is 15.6. The predicted molar refractivity (Wildman–Crippen MR) is 332 cm³/mol. The molecule has 4 aromatic carbocycles. The van der Waals surface area contributed by atoms with Crippen LogP contribution in [0.2, 0.25) is 0 Å². The fourth-order valence-corrected chi connectivity index (χ4v) is 10.1. The summed E-state index contributed by atoms with van der Waals surface area (Å²) < 4.78 is 46.2. The second kappa shape index (κ2) is 34.4. The molecule has 20 heteroatoms. The molecule has 2 aliphatic heterocycles. The lowest BCUT2D eigenvalue weighted by Gasteiger charge is -2.36. The van der Waals surface area contributed by atoms with Crippen LogP contribution < -0.4 is 39.1 Å². The lowest BCUT2D eigenvalue weighted by Crippen LogP contribution is -2.53. The summed E-state index contributed by atoms with van der Waals surface area (Å²) in [5.74, 6) is -1.78. The number of methoxy groups -OCH3 is 4. The van der Waals surface area contributed by atoms with Crippen LogP contribution in [0.5, 0.6) is 34.5 Å². The van der Waals surface area contributed by atoms with Gasteiger partial charge in [0.2, 0.25) is 11.6 Å². The third-order valence-corrected chi connectivity index (χ3v) is 16.2. The second-order valence-corrected chi connectivity index (χ2v) is 22.9. The van der Waals surface area contributed by atoms with Crippen LogP contribution in [0.15, 0.2) is 84.9 Å². The van der Waals surface area contributed by atoms with Gasteiger partial charge in [0, 0.05) is 37.0 Å². The molecule has 20 nitrogen and oxygen atoms in total. The molecule has 4 atom stereocenters. The lowest BCUT2D eigenvalue weighted by atomic mass is 9.84. The average Bonchev–Trinajstić information content (AvgIpc) is 3.38. The number of ketones is 2. The number of hydrogen-bond acceptors (Lipinski definition) is 16. The van der Waals surface area contributed by atoms with Gasteiger partial charge in [0.25, 0.3) is 23.6 Å². The number of carbonyl (C=O) groups excluding carboxylic acids is 8. The first-order valence-electron chi connectivity index (χ1n) is 30.7. The summed E-state index contributed by atoms with van der Waals surface area (Å²) in [5.41, 5.74) is 1.17. The standard InChI is InChI=1S/C66H86N4O16.C2H6/c1-11-65(3,4)59(73)61(75)69-35-15-13-23-49(69)63(77)85-51(29-25-43-27-31-53(79-7)55(37-43)81-9)45-19-17-21-47(39-45)83-41-57(71)67-33-34-68-58(72)42-84-48-22-18-20-46(40-48)52(30-26-44-28-32-54(80-8)56(38-44)82-10)86-64(78)50-24-14-16-36-70(50)62(76)60(74)66(5,6)12-2;1-2/h17-22,27-28,31-32,37-40,49-52H,11-16,23-26,29-30,33-36,41-42H2,1-10H3,(H,67,71)(H,68,72);1-2H3/t49-,50?,51?,52+;/m0./s1. The van der Waals surface area contributed by atoms with Crippen molar-refractivity contribution in [3.63, 3.8) is 0 Å². The SMILES string of the molecule is CC.CCC(C)(C)C(=O)C(=O)N1CCCCC1C(=O)O[C@H](CCc1ccc(OC)c(OC)c1)c1cccc(OCC(=O)NCCNC(=O)COc2cccc(C(CCc3ccc(OC)c(OC)c3)OC(=O)[C@@H]3CCCCN3C(=O)C(=O)C(C)(C)CC)c2)c1. The molecular formula is C68H92N4O16. The molecule has 0 saturated carbocycles. The molecule has 0 aliphatic carbocycles. The quantitative estimate of drug-likeness (QED) is 0.0271. The minimum Gasteiger partial charge on any atom is -0.493 e. The summed E-state index contributed by atoms with van der Waals surface area (Å²) in [6.45, 7) is 14.5. The molecule has 2 heterocycles. The van der Waals surface area contributed by atoms with Crippen molar-refractivity contribution in [2.45, 2.75) is 157 Å². The zero-order chi connectivity index (χ0) is 64.6. The summed E-state index contributed by atoms with van der Waals surface area (Å²) in [6, 6.07) is 22.9. The molecular weight excluding hydrogens is 1130 g/mol. The largest absolute Gasteiger partial charge is 0.493 e. The molecule has 4 amide bonds. The summed E-state index contributed by atoms with van der Waals surface area (Å²) in [5, 5.41) is 5.47. The predicted octanol–water partition coefficient (Wildman–Crippen LogP) is 9.64. The first kappa shape index (κ1) is 70.6. The Morgan fingerprint density at radius 3 is 1.24 bits per heavy atom. The van der Waals surface area contributed by atoms with E-state index in [0.29, 0.717) is 123 Å². The fraction of sp³-hybridized carbons (Fsp3) is 0.529. The van der Waals surface area contributed by atoms with Gasteiger partial charge in [0.1, 0.15) is 35.8 Å². The van der Waals surface area contributed by atoms with Crippen molar-refractivity contribution in [1.82, 2.24) is 20.4 Å². The van der Waals surface area contributed by atoms with Gasteiger partial charge in [-0.1, -0.05) is 91.8 Å². The minimum atomic E-state index is -0.945. The monoisotopic (exact) mass is 1220 g/mol. The van der Waals surface area contributed by atoms with Crippen molar-refractivity contribution in [2.24, 2.45) is 10.8 Å². The number of nitrogens with zero attached hydrogens (tertiary/aromatic N) is 2. The Labute approximate surface area is 518 Å². The van der Waals surface area contributed by atoms with Gasteiger partial charge in [-0.2, -0.15) is 0 Å². The molecule has 480 valence electrons. The maximum absolute atomic E-state index is 14.1. The highest BCUT2D eigenvalue weighted by atomic mass is 16.6. The van der Waals surface area contributed by atoms with Crippen LogP contribution in [-0.2, 0) is 60.7 Å². The van der Waals surface area contributed by atoms with E-state index in [1.807, 2.05) is 52.0 Å². The molecule has 2 N–H and O–H groups in total. The van der Waals surface area contributed by atoms with Crippen LogP contribution in [0.4, 0.5) is 0 Å². The highest BCUT2D eigenvalue weighted by Gasteiger charge is 2.43. The number of benzene rings is 4. The smallest absolute Gasteiger partial charge is 0.329 e. The first-order chi connectivity index (χ1) is 42.2. The molecule has 2 unspecified atom stereocenters. The summed E-state index contributed by atoms with van der Waals surface area (Å²) in [6.07, 6.45) is 4.21. The first-order valence-corrected chi connectivity index (χ1v) is 30.7. The molecule has 6 rings (SSSR count). The number of Topliss-reactive ketones (excluding diaryl/α,β-unsaturated/α-hetero) is 2. The number of ether oxygens (including phenoxy) is 8. The molecule has 0 radical (unpaired) electrons. The highest BCUT2D eigenvalue weighted by molar-refractivity contribution is 6.38. The van der Waals surface area contributed by atoms with Crippen LogP contribution >= 0.6 is 0 Å². The second-order valence-electron chi connectivity index (χ2n) is 22.9. The van der Waals surface area contributed by atoms with E-state index in [2.05, 4.69) is 10.6 Å². The zero-order valence-electron chi connectivity index (χ0n) is 53.5. The van der Waals surface area contributed by atoms with Gasteiger partial charge in [-0.3, -0.25) is 28.8 Å². The van der Waals surface area contributed by atoms with Crippen LogP contribution in [0.1, 0.15) is 154 Å². The van der Waals surface area contributed by atoms with E-state index in [4.69, 9.17) is 37.9 Å². The Bertz CT molecular complexity index is 2810. The van der Waals surface area contributed by atoms with Gasteiger partial charge in [0.05, 0.1) is 28.4 Å². The number of esters is 2. The van der Waals surface area contributed by atoms with E-state index in [0.717, 1.165) is 11.1 Å². The highest BCUT2D eigenvalue weighted by Crippen LogP contribution is 2.36. The van der Waals surface area contributed by atoms with Crippen LogP contribution in [0.3, 0.4) is 0 Å². The number of likely N-dealkylation sites (tertiary alicyclic amines) is 2. The molecule has 0 spiro atoms. The van der Waals surface area contributed by atoms with Crippen LogP contribution in [0, 0.1) is 10.8 Å². The molecule has 0 bridgehead atoms. The minimum absolute atomic E-state index is 0.0709. The molecule has 4 aromatic rings. The number of carbonyl (C=O) groups is 8. The van der Waals surface area contributed by atoms with Crippen LogP contribution in [0.25, 0.3) is 0 Å². The van der Waals surface area contributed by atoms with E-state index < -0.39 is 82.3 Å². The Balaban J connectivity index is 0.00000698. The van der Waals surface area contributed by atoms with E-state index in [-0.39, 0.29) is 39.4 Å². The Morgan fingerprint density at radius 2 is 0.886 bits per heavy atom. The van der Waals surface area contributed by atoms with Crippen molar-refractivity contribution < 1.29 is 76.3 Å². The number of piperidine rings is 2. The third-order valence-electron chi connectivity index (χ3n) is 16.2. The van der Waals surface area contributed by atoms with Gasteiger partial charge >= 0.3 is 11.9 Å². The van der Waals surface area contributed by atoms with Crippen molar-refractivity contribution in [3.8, 4) is 34.5 Å². The van der Waals surface area contributed by atoms with Crippen LogP contribution in [-0.4, -0.2) is 137 Å². The third kappa shape index (κ3) is 19.7. The number of hydrogen-bond donors (Lipinski definition) is 2. The summed E-state index contributed by atoms with van der Waals surface area (Å²) in [4.78, 5) is 111. The number of amides is 4. The van der Waals surface area contributed by atoms with Crippen molar-refractivity contribution in [1.29, 1.82) is 0 Å². The van der Waals surface area contributed by atoms with Gasteiger partial charge in [-0.15, -0.1) is 0 Å². The summed E-state index contributed by atoms with van der Waals surface area (Å²) >= 11 is 0. The topological polar surface area (TPSA) is 241 Å². The van der Waals surface area contributed by atoms with E-state index in [1.54, 1.807) is 117 Å². The number of aryl methyl sites for hydroxylation is 2. The molecule has 2 fully saturated rings. The fourth-order valence-electron chi connectivity index (χ4n) is 10.1. The van der Waals surface area contributed by atoms with Gasteiger partial charge < -0.3 is 58.3 Å². The lowest BCUT2D eigenvalue weighted by molar-refractivity contribution is -0.165. The van der Waals surface area contributed by atoms with Gasteiger partial charge in [-0.25, -0.2) is 9.59 Å². The molecule has 2 aliphatic rings. The Hall–Kier alpha value is -8.16. The number of rotatable bonds is 31. The van der Waals surface area contributed by atoms with Crippen molar-refractivity contribution in [2.75, 3.05) is 67.8 Å². The molecule has 0 aromatic heterocycles. The molecule has 2 saturated heterocycles. The average molecular weight is 1220 g/mol. The van der Waals surface area contributed by atoms with Crippen molar-refractivity contribution in [3.05, 3.63) is 107 Å². The molecule has 88 heavy (non-hydrogen) atoms. The maximum Gasteiger partial charge on any atom is 0.329 e. The Morgan fingerprint density at radius 1 is 0.511 bits per heavy atom. The zero-order valence-corrected chi connectivity index (χ0v) is 53.5. The number of nitrogens with one attached hydrogen (secondary N) is 2. The Kier molecular flexibility index (Phi) is 27.6.